The lowest BCUT2D eigenvalue weighted by Crippen LogP contribution is -2.58. The van der Waals surface area contributed by atoms with Crippen LogP contribution in [-0.4, -0.2) is 116 Å². The predicted octanol–water partition coefficient (Wildman–Crippen LogP) is 5.52. The molecule has 0 aliphatic carbocycles. The van der Waals surface area contributed by atoms with Crippen LogP contribution in [0.15, 0.2) is 54.7 Å². The van der Waals surface area contributed by atoms with Crippen molar-refractivity contribution >= 4 is 58.3 Å². The third-order valence-electron chi connectivity index (χ3n) is 10.2. The van der Waals surface area contributed by atoms with Gasteiger partial charge in [-0.3, -0.25) is 24.0 Å². The van der Waals surface area contributed by atoms with Gasteiger partial charge < -0.3 is 34.3 Å². The molecule has 0 radical (unpaired) electrons. The molecule has 3 rings (SSSR count). The van der Waals surface area contributed by atoms with Gasteiger partial charge in [0, 0.05) is 62.8 Å². The molecule has 12 nitrogen and oxygen atoms in total. The van der Waals surface area contributed by atoms with Gasteiger partial charge in [-0.2, -0.15) is 0 Å². The number of benzene rings is 2. The van der Waals surface area contributed by atoms with Crippen molar-refractivity contribution in [3.63, 3.8) is 0 Å². The lowest BCUT2D eigenvalue weighted by Gasteiger charge is -2.38. The molecular weight excluding hydrogens is 708 g/mol. The summed E-state index contributed by atoms with van der Waals surface area (Å²) in [7, 11) is 3.02. The summed E-state index contributed by atoms with van der Waals surface area (Å²) in [4.78, 5) is 91.2. The number of hydrogen-bond acceptors (Lipinski definition) is 6. The first-order chi connectivity index (χ1) is 25.2. The molecule has 5 amide bonds. The average molecular weight is 765 g/mol. The lowest BCUT2D eigenvalue weighted by molar-refractivity contribution is -0.155. The minimum absolute atomic E-state index is 0.00107. The summed E-state index contributed by atoms with van der Waals surface area (Å²) in [5.41, 5.74) is 2.23. The Bertz CT molecular complexity index is 1810. The van der Waals surface area contributed by atoms with Gasteiger partial charge in [0.1, 0.15) is 30.5 Å². The van der Waals surface area contributed by atoms with Crippen molar-refractivity contribution in [1.82, 2.24) is 29.5 Å². The third kappa shape index (κ3) is 10.7. The highest BCUT2D eigenvalue weighted by molar-refractivity contribution is 6.31. The van der Waals surface area contributed by atoms with E-state index < -0.39 is 47.9 Å². The first kappa shape index (κ1) is 43.7. The van der Waals surface area contributed by atoms with Crippen LogP contribution in [0.1, 0.15) is 79.9 Å². The standard InChI is InChI=1S/C41H57ClN6O6/c1-26(25-49)46(20-19-41(7,8)9)39(53)27(2)44(10)38(52)30(5)48(24-33-22-43-36-21-34(42)17-18-35(33)36)40(54)28(3)45(11)37(51)29(4)47(31(6)50)23-32-15-13-12-14-16-32/h12-18,21-22,25-30,43H,19-20,23-24H2,1-11H3/t26-,27-,28-,29-,30-/m0/s1. The molecule has 0 aliphatic rings. The monoisotopic (exact) mass is 764 g/mol. The predicted molar refractivity (Wildman–Crippen MR) is 211 cm³/mol. The van der Waals surface area contributed by atoms with Crippen LogP contribution in [-0.2, 0) is 41.9 Å². The Kier molecular flexibility index (Phi) is 15.0. The Hall–Kier alpha value is -4.71. The van der Waals surface area contributed by atoms with Gasteiger partial charge in [-0.05, 0) is 69.7 Å². The quantitative estimate of drug-likeness (QED) is 0.191. The SMILES string of the molecule is CC(=O)N(Cc1ccccc1)[C@@H](C)C(=O)N(C)[C@@H](C)C(=O)N(Cc1c[nH]c2cc(Cl)ccc12)[C@@H](C)C(=O)N(C)[C@@H](C)C(=O)N(CCC(C)(C)C)[C@@H](C)C=O. The van der Waals surface area contributed by atoms with Crippen LogP contribution >= 0.6 is 11.6 Å². The number of carbonyl (C=O) groups is 6. The maximum atomic E-state index is 14.5. The minimum Gasteiger partial charge on any atom is -0.361 e. The molecule has 0 saturated carbocycles. The smallest absolute Gasteiger partial charge is 0.246 e. The van der Waals surface area contributed by atoms with E-state index in [1.54, 1.807) is 52.9 Å². The summed E-state index contributed by atoms with van der Waals surface area (Å²) in [6.07, 6.45) is 3.11. The van der Waals surface area contributed by atoms with E-state index in [9.17, 15) is 28.8 Å². The molecule has 0 aliphatic heterocycles. The fourth-order valence-corrected chi connectivity index (χ4v) is 6.44. The number of carbonyl (C=O) groups excluding carboxylic acids is 6. The van der Waals surface area contributed by atoms with E-state index in [1.165, 1.54) is 45.5 Å². The van der Waals surface area contributed by atoms with Gasteiger partial charge >= 0.3 is 0 Å². The summed E-state index contributed by atoms with van der Waals surface area (Å²) < 4.78 is 0. The van der Waals surface area contributed by atoms with Crippen LogP contribution in [0, 0.1) is 5.41 Å². The van der Waals surface area contributed by atoms with Gasteiger partial charge in [-0.15, -0.1) is 0 Å². The number of rotatable bonds is 16. The summed E-state index contributed by atoms with van der Waals surface area (Å²) in [5.74, 6) is -2.13. The van der Waals surface area contributed by atoms with E-state index in [0.717, 1.165) is 22.0 Å². The minimum atomic E-state index is -1.07. The highest BCUT2D eigenvalue weighted by atomic mass is 35.5. The molecular formula is C41H57ClN6O6. The second kappa shape index (κ2) is 18.6. The Balaban J connectivity index is 1.94. The summed E-state index contributed by atoms with van der Waals surface area (Å²) in [6, 6.07) is 10.0. The van der Waals surface area contributed by atoms with Gasteiger partial charge in [-0.25, -0.2) is 0 Å². The number of aromatic nitrogens is 1. The largest absolute Gasteiger partial charge is 0.361 e. The topological polar surface area (TPSA) is 134 Å². The van der Waals surface area contributed by atoms with E-state index in [2.05, 4.69) is 4.98 Å². The fourth-order valence-electron chi connectivity index (χ4n) is 6.27. The average Bonchev–Trinajstić information content (AvgIpc) is 3.54. The highest BCUT2D eigenvalue weighted by Crippen LogP contribution is 2.26. The molecule has 0 saturated heterocycles. The second-order valence-corrected chi connectivity index (χ2v) is 15.9. The van der Waals surface area contributed by atoms with Gasteiger partial charge in [0.25, 0.3) is 0 Å². The van der Waals surface area contributed by atoms with Crippen LogP contribution in [0.25, 0.3) is 10.9 Å². The van der Waals surface area contributed by atoms with E-state index in [1.807, 2.05) is 57.2 Å². The number of nitrogens with zero attached hydrogens (tertiary/aromatic N) is 5. The number of halogens is 1. The summed E-state index contributed by atoms with van der Waals surface area (Å²) in [5, 5.41) is 1.33. The van der Waals surface area contributed by atoms with Gasteiger partial charge in [0.15, 0.2) is 0 Å². The van der Waals surface area contributed by atoms with E-state index in [4.69, 9.17) is 11.6 Å². The van der Waals surface area contributed by atoms with E-state index in [-0.39, 0.29) is 30.3 Å². The van der Waals surface area contributed by atoms with Crippen LogP contribution in [0.5, 0.6) is 0 Å². The number of H-pyrrole nitrogens is 1. The molecule has 0 bridgehead atoms. The Labute approximate surface area is 324 Å². The van der Waals surface area contributed by atoms with Gasteiger partial charge in [-0.1, -0.05) is 68.8 Å². The first-order valence-corrected chi connectivity index (χ1v) is 18.7. The van der Waals surface area contributed by atoms with Crippen LogP contribution in [0.4, 0.5) is 0 Å². The number of aldehydes is 1. The Morgan fingerprint density at radius 2 is 1.28 bits per heavy atom. The fraction of sp³-hybridized carbons (Fsp3) is 0.512. The van der Waals surface area contributed by atoms with Crippen molar-refractivity contribution < 1.29 is 28.8 Å². The van der Waals surface area contributed by atoms with Crippen molar-refractivity contribution in [2.24, 2.45) is 5.41 Å². The normalized spacial score (nSPS) is 14.3. The van der Waals surface area contributed by atoms with Crippen molar-refractivity contribution in [2.45, 2.75) is 112 Å². The number of likely N-dealkylation sites (N-methyl/N-ethyl adjacent to an activating group) is 2. The van der Waals surface area contributed by atoms with Gasteiger partial charge in [0.2, 0.25) is 29.5 Å². The lowest BCUT2D eigenvalue weighted by atomic mass is 9.92. The zero-order chi connectivity index (χ0) is 40.7. The Morgan fingerprint density at radius 3 is 1.80 bits per heavy atom. The molecule has 2 aromatic carbocycles. The third-order valence-corrected chi connectivity index (χ3v) is 10.5. The van der Waals surface area contributed by atoms with Crippen molar-refractivity contribution in [3.05, 3.63) is 70.9 Å². The summed E-state index contributed by atoms with van der Waals surface area (Å²) >= 11 is 6.23. The zero-order valence-corrected chi connectivity index (χ0v) is 34.3. The number of fused-ring (bicyclic) bond motifs is 1. The number of nitrogens with one attached hydrogen (secondary N) is 1. The number of aromatic amines is 1. The zero-order valence-electron chi connectivity index (χ0n) is 33.6. The molecule has 1 heterocycles. The second-order valence-electron chi connectivity index (χ2n) is 15.4. The molecule has 5 atom stereocenters. The van der Waals surface area contributed by atoms with Crippen LogP contribution in [0.2, 0.25) is 5.02 Å². The molecule has 1 aromatic heterocycles. The number of amides is 5. The van der Waals surface area contributed by atoms with E-state index >= 15 is 0 Å². The molecule has 1 N–H and O–H groups in total. The van der Waals surface area contributed by atoms with Crippen molar-refractivity contribution in [3.8, 4) is 0 Å². The van der Waals surface area contributed by atoms with Crippen LogP contribution < -0.4 is 0 Å². The first-order valence-electron chi connectivity index (χ1n) is 18.4. The Morgan fingerprint density at radius 1 is 0.741 bits per heavy atom. The molecule has 54 heavy (non-hydrogen) atoms. The number of hydrogen-bond donors (Lipinski definition) is 1. The van der Waals surface area contributed by atoms with E-state index in [0.29, 0.717) is 24.3 Å². The maximum Gasteiger partial charge on any atom is 0.246 e. The highest BCUT2D eigenvalue weighted by Gasteiger charge is 2.38. The molecule has 0 fully saturated rings. The van der Waals surface area contributed by atoms with Crippen molar-refractivity contribution in [2.75, 3.05) is 20.6 Å². The van der Waals surface area contributed by atoms with Crippen LogP contribution in [0.3, 0.4) is 0 Å². The molecule has 3 aromatic rings. The molecule has 13 heteroatoms. The molecule has 0 spiro atoms. The summed E-state index contributed by atoms with van der Waals surface area (Å²) in [6.45, 7) is 16.2. The van der Waals surface area contributed by atoms with Gasteiger partial charge in [0.05, 0.1) is 6.04 Å². The molecule has 294 valence electrons. The molecule has 0 unspecified atom stereocenters. The maximum absolute atomic E-state index is 14.5. The van der Waals surface area contributed by atoms with Crippen molar-refractivity contribution in [1.29, 1.82) is 0 Å².